The maximum Gasteiger partial charge on any atom is 0.0830 e. The van der Waals surface area contributed by atoms with Gasteiger partial charge < -0.3 is 19.3 Å². The molecule has 0 radical (unpaired) electrons. The van der Waals surface area contributed by atoms with Crippen LogP contribution in [0.2, 0.25) is 0 Å². The van der Waals surface area contributed by atoms with Crippen molar-refractivity contribution in [2.45, 2.75) is 44.6 Å². The fraction of sp³-hybridized carbons (Fsp3) is 1.00. The molecule has 4 heteroatoms. The van der Waals surface area contributed by atoms with Crippen LogP contribution in [0.15, 0.2) is 0 Å². The van der Waals surface area contributed by atoms with Gasteiger partial charge in [0.1, 0.15) is 0 Å². The van der Waals surface area contributed by atoms with E-state index in [9.17, 15) is 5.11 Å². The highest BCUT2D eigenvalue weighted by atomic mass is 16.5. The van der Waals surface area contributed by atoms with Crippen LogP contribution < -0.4 is 0 Å². The summed E-state index contributed by atoms with van der Waals surface area (Å²) in [7, 11) is 1.67. The van der Waals surface area contributed by atoms with E-state index < -0.39 is 0 Å². The van der Waals surface area contributed by atoms with Crippen LogP contribution in [0, 0.1) is 23.2 Å². The molecule has 4 nitrogen and oxygen atoms in total. The molecular weight excluding hydrogens is 268 g/mol. The zero-order chi connectivity index (χ0) is 14.7. The lowest BCUT2D eigenvalue weighted by atomic mass is 9.48. The molecule has 4 rings (SSSR count). The monoisotopic (exact) mass is 298 g/mol. The Morgan fingerprint density at radius 2 is 1.43 bits per heavy atom. The first-order valence-corrected chi connectivity index (χ1v) is 8.54. The fourth-order valence-corrected chi connectivity index (χ4v) is 5.32. The van der Waals surface area contributed by atoms with Gasteiger partial charge in [-0.1, -0.05) is 0 Å². The van der Waals surface area contributed by atoms with Crippen molar-refractivity contribution in [1.29, 1.82) is 0 Å². The highest BCUT2D eigenvalue weighted by Gasteiger charge is 2.53. The highest BCUT2D eigenvalue weighted by Crippen LogP contribution is 2.61. The molecular formula is C17H30O4. The number of rotatable bonds is 9. The summed E-state index contributed by atoms with van der Waals surface area (Å²) in [6.07, 6.45) is 7.65. The van der Waals surface area contributed by atoms with Crippen LogP contribution in [0.25, 0.3) is 0 Å². The van der Waals surface area contributed by atoms with Crippen LogP contribution in [0.4, 0.5) is 0 Å². The van der Waals surface area contributed by atoms with E-state index in [4.69, 9.17) is 14.2 Å². The summed E-state index contributed by atoms with van der Waals surface area (Å²) in [5, 5.41) is 10.7. The summed E-state index contributed by atoms with van der Waals surface area (Å²) in [4.78, 5) is 0. The molecule has 0 aromatic carbocycles. The molecule has 4 fully saturated rings. The molecule has 1 atom stereocenters. The molecule has 0 amide bonds. The van der Waals surface area contributed by atoms with Gasteiger partial charge in [0.25, 0.3) is 0 Å². The third-order valence-electron chi connectivity index (χ3n) is 5.87. The number of aliphatic hydroxyl groups is 1. The van der Waals surface area contributed by atoms with E-state index in [1.807, 2.05) is 0 Å². The number of hydrogen-bond acceptors (Lipinski definition) is 4. The second-order valence-corrected chi connectivity index (χ2v) is 7.48. The molecule has 4 bridgehead atoms. The summed E-state index contributed by atoms with van der Waals surface area (Å²) in [5.74, 6) is 2.63. The zero-order valence-electron chi connectivity index (χ0n) is 13.3. The third kappa shape index (κ3) is 3.61. The van der Waals surface area contributed by atoms with Crippen molar-refractivity contribution in [2.75, 3.05) is 40.1 Å². The van der Waals surface area contributed by atoms with Crippen LogP contribution >= 0.6 is 0 Å². The maximum absolute atomic E-state index is 10.7. The van der Waals surface area contributed by atoms with E-state index >= 15 is 0 Å². The summed E-state index contributed by atoms with van der Waals surface area (Å²) < 4.78 is 15.9. The van der Waals surface area contributed by atoms with E-state index in [0.29, 0.717) is 33.0 Å². The lowest BCUT2D eigenvalue weighted by Gasteiger charge is -2.58. The summed E-state index contributed by atoms with van der Waals surface area (Å²) in [5.41, 5.74) is 0.172. The lowest BCUT2D eigenvalue weighted by molar-refractivity contribution is -0.141. The van der Waals surface area contributed by atoms with Crippen LogP contribution in [0.3, 0.4) is 0 Å². The predicted molar refractivity (Wildman–Crippen MR) is 80.1 cm³/mol. The number of ether oxygens (including phenoxy) is 3. The van der Waals surface area contributed by atoms with Crippen molar-refractivity contribution in [3.8, 4) is 0 Å². The minimum atomic E-state index is -0.287. The molecule has 0 spiro atoms. The molecule has 0 aliphatic heterocycles. The number of aliphatic hydroxyl groups excluding tert-OH is 1. The number of hydrogen-bond donors (Lipinski definition) is 1. The van der Waals surface area contributed by atoms with Gasteiger partial charge in [-0.15, -0.1) is 0 Å². The Balaban J connectivity index is 1.38. The first-order valence-electron chi connectivity index (χ1n) is 8.54. The average Bonchev–Trinajstić information content (AvgIpc) is 2.44. The van der Waals surface area contributed by atoms with E-state index in [-0.39, 0.29) is 11.5 Å². The average molecular weight is 298 g/mol. The number of methoxy groups -OCH3 is 1. The van der Waals surface area contributed by atoms with Crippen molar-refractivity contribution < 1.29 is 19.3 Å². The van der Waals surface area contributed by atoms with Crippen LogP contribution in [-0.2, 0) is 14.2 Å². The topological polar surface area (TPSA) is 47.9 Å². The molecule has 4 aliphatic rings. The minimum Gasteiger partial charge on any atom is -0.390 e. The Kier molecular flexibility index (Phi) is 5.20. The van der Waals surface area contributed by atoms with Gasteiger partial charge in [-0.25, -0.2) is 0 Å². The normalized spacial score (nSPS) is 38.9. The fourth-order valence-electron chi connectivity index (χ4n) is 5.32. The largest absolute Gasteiger partial charge is 0.390 e. The zero-order valence-corrected chi connectivity index (χ0v) is 13.3. The lowest BCUT2D eigenvalue weighted by Crippen LogP contribution is -2.52. The summed E-state index contributed by atoms with van der Waals surface area (Å²) >= 11 is 0. The Hall–Kier alpha value is -0.160. The van der Waals surface area contributed by atoms with Crippen molar-refractivity contribution in [3.63, 3.8) is 0 Å². The smallest absolute Gasteiger partial charge is 0.0830 e. The Morgan fingerprint density at radius 1 is 0.905 bits per heavy atom. The Labute approximate surface area is 128 Å². The molecule has 21 heavy (non-hydrogen) atoms. The second-order valence-electron chi connectivity index (χ2n) is 7.48. The predicted octanol–water partition coefficient (Wildman–Crippen LogP) is 2.24. The summed E-state index contributed by atoms with van der Waals surface area (Å²) in [6.45, 7) is 2.84. The Bertz CT molecular complexity index is 295. The molecule has 4 aliphatic carbocycles. The molecule has 0 heterocycles. The molecule has 0 aromatic heterocycles. The third-order valence-corrected chi connectivity index (χ3v) is 5.87. The quantitative estimate of drug-likeness (QED) is 0.663. The van der Waals surface area contributed by atoms with Gasteiger partial charge >= 0.3 is 0 Å². The molecule has 0 aromatic rings. The molecule has 1 unspecified atom stereocenters. The minimum absolute atomic E-state index is 0.172. The van der Waals surface area contributed by atoms with Gasteiger partial charge in [-0.05, 0) is 61.7 Å². The molecule has 1 N–H and O–H groups in total. The van der Waals surface area contributed by atoms with E-state index in [2.05, 4.69) is 0 Å². The van der Waals surface area contributed by atoms with Crippen molar-refractivity contribution >= 4 is 0 Å². The van der Waals surface area contributed by atoms with Crippen molar-refractivity contribution in [3.05, 3.63) is 0 Å². The molecule has 0 saturated heterocycles. The standard InChI is InChI=1S/C17H30O4/c1-19-2-3-20-4-5-21-12-16(18)17-9-13-6-14(10-17)8-15(7-13)11-17/h13-16,18H,2-12H2,1H3. The first-order chi connectivity index (χ1) is 10.2. The van der Waals surface area contributed by atoms with Crippen LogP contribution in [-0.4, -0.2) is 51.4 Å². The van der Waals surface area contributed by atoms with Crippen LogP contribution in [0.5, 0.6) is 0 Å². The van der Waals surface area contributed by atoms with Crippen LogP contribution in [0.1, 0.15) is 38.5 Å². The van der Waals surface area contributed by atoms with E-state index in [1.165, 1.54) is 38.5 Å². The van der Waals surface area contributed by atoms with Gasteiger partial charge in [-0.3, -0.25) is 0 Å². The molecule has 122 valence electrons. The maximum atomic E-state index is 10.7. The second kappa shape index (κ2) is 6.95. The van der Waals surface area contributed by atoms with Crippen molar-refractivity contribution in [1.82, 2.24) is 0 Å². The van der Waals surface area contributed by atoms with E-state index in [1.54, 1.807) is 7.11 Å². The summed E-state index contributed by atoms with van der Waals surface area (Å²) in [6, 6.07) is 0. The molecule has 4 saturated carbocycles. The van der Waals surface area contributed by atoms with Crippen molar-refractivity contribution in [2.24, 2.45) is 23.2 Å². The highest BCUT2D eigenvalue weighted by molar-refractivity contribution is 5.04. The first kappa shape index (κ1) is 15.7. The van der Waals surface area contributed by atoms with Gasteiger partial charge in [0.2, 0.25) is 0 Å². The van der Waals surface area contributed by atoms with Gasteiger partial charge in [0.15, 0.2) is 0 Å². The van der Waals surface area contributed by atoms with Gasteiger partial charge in [0, 0.05) is 7.11 Å². The Morgan fingerprint density at radius 3 is 2.00 bits per heavy atom. The SMILES string of the molecule is COCCOCCOCC(O)C12CC3CC(CC(C3)C1)C2. The van der Waals surface area contributed by atoms with Gasteiger partial charge in [-0.2, -0.15) is 0 Å². The van der Waals surface area contributed by atoms with Gasteiger partial charge in [0.05, 0.1) is 39.1 Å². The van der Waals surface area contributed by atoms with E-state index in [0.717, 1.165) is 17.8 Å².